The van der Waals surface area contributed by atoms with Crippen molar-refractivity contribution in [2.75, 3.05) is 0 Å². The van der Waals surface area contributed by atoms with Gasteiger partial charge in [-0.05, 0) is 37.1 Å². The van der Waals surface area contributed by atoms with Crippen LogP contribution in [0.2, 0.25) is 0 Å². The van der Waals surface area contributed by atoms with Crippen molar-refractivity contribution in [2.45, 2.75) is 32.9 Å². The molecular weight excluding hydrogens is 254 g/mol. The van der Waals surface area contributed by atoms with Crippen molar-refractivity contribution in [1.82, 2.24) is 5.32 Å². The van der Waals surface area contributed by atoms with Crippen LogP contribution in [0.5, 0.6) is 0 Å². The summed E-state index contributed by atoms with van der Waals surface area (Å²) >= 11 is 0. The number of rotatable bonds is 6. The molecule has 0 saturated heterocycles. The molecule has 0 amide bonds. The Hall–Kier alpha value is -2.07. The fraction of sp³-hybridized carbons (Fsp3) is 0.312. The van der Waals surface area contributed by atoms with Crippen LogP contribution in [0.25, 0.3) is 0 Å². The maximum atomic E-state index is 10.9. The summed E-state index contributed by atoms with van der Waals surface area (Å²) in [6.45, 7) is 5.02. The lowest BCUT2D eigenvalue weighted by atomic mass is 10.0. The maximum Gasteiger partial charge on any atom is 0.310 e. The van der Waals surface area contributed by atoms with Gasteiger partial charge in [0.2, 0.25) is 0 Å². The molecule has 1 atom stereocenters. The van der Waals surface area contributed by atoms with Gasteiger partial charge in [0.1, 0.15) is 11.5 Å². The molecule has 0 radical (unpaired) electrons. The topological polar surface area (TPSA) is 62.5 Å². The van der Waals surface area contributed by atoms with Gasteiger partial charge in [-0.3, -0.25) is 4.79 Å². The third-order valence-electron chi connectivity index (χ3n) is 3.27. The summed E-state index contributed by atoms with van der Waals surface area (Å²) in [5.74, 6) is 0.555. The minimum absolute atomic E-state index is 0.469. The van der Waals surface area contributed by atoms with Crippen molar-refractivity contribution >= 4 is 5.97 Å². The van der Waals surface area contributed by atoms with E-state index in [1.807, 2.05) is 43.3 Å². The summed E-state index contributed by atoms with van der Waals surface area (Å²) in [6, 6.07) is 11.5. The number of aryl methyl sites for hydroxylation is 1. The van der Waals surface area contributed by atoms with Crippen LogP contribution < -0.4 is 5.32 Å². The molecule has 4 heteroatoms. The Morgan fingerprint density at radius 3 is 2.45 bits per heavy atom. The van der Waals surface area contributed by atoms with Gasteiger partial charge in [-0.25, -0.2) is 0 Å². The highest BCUT2D eigenvalue weighted by Gasteiger charge is 2.12. The Morgan fingerprint density at radius 1 is 1.20 bits per heavy atom. The Morgan fingerprint density at radius 2 is 1.90 bits per heavy atom. The molecule has 20 heavy (non-hydrogen) atoms. The molecule has 4 nitrogen and oxygen atoms in total. The predicted octanol–water partition coefficient (Wildman–Crippen LogP) is 3.07. The maximum absolute atomic E-state index is 10.9. The van der Waals surface area contributed by atoms with Crippen LogP contribution in [0.15, 0.2) is 40.8 Å². The number of furan rings is 1. The van der Waals surface area contributed by atoms with Crippen molar-refractivity contribution in [3.05, 3.63) is 59.0 Å². The zero-order valence-corrected chi connectivity index (χ0v) is 11.7. The highest BCUT2D eigenvalue weighted by molar-refractivity contribution is 5.75. The van der Waals surface area contributed by atoms with Crippen molar-refractivity contribution in [3.63, 3.8) is 0 Å². The van der Waals surface area contributed by atoms with Crippen LogP contribution in [0, 0.1) is 6.92 Å². The molecule has 1 heterocycles. The zero-order chi connectivity index (χ0) is 14.5. The molecule has 2 N–H and O–H groups in total. The summed E-state index contributed by atoms with van der Waals surface area (Å²) in [5.41, 5.74) is 1.94. The minimum atomic E-state index is -0.802. The molecule has 1 unspecified atom stereocenters. The van der Waals surface area contributed by atoms with E-state index < -0.39 is 11.9 Å². The van der Waals surface area contributed by atoms with E-state index in [1.165, 1.54) is 0 Å². The van der Waals surface area contributed by atoms with Crippen LogP contribution in [-0.2, 0) is 17.9 Å². The van der Waals surface area contributed by atoms with E-state index in [9.17, 15) is 4.79 Å². The van der Waals surface area contributed by atoms with Gasteiger partial charge in [-0.15, -0.1) is 0 Å². The molecular formula is C16H19NO3. The fourth-order valence-corrected chi connectivity index (χ4v) is 1.98. The highest BCUT2D eigenvalue weighted by Crippen LogP contribution is 2.16. The van der Waals surface area contributed by atoms with E-state index >= 15 is 0 Å². The normalized spacial score (nSPS) is 12.3. The van der Waals surface area contributed by atoms with Crippen LogP contribution in [0.3, 0.4) is 0 Å². The van der Waals surface area contributed by atoms with E-state index in [0.29, 0.717) is 6.54 Å². The van der Waals surface area contributed by atoms with Crippen LogP contribution in [0.4, 0.5) is 0 Å². The summed E-state index contributed by atoms with van der Waals surface area (Å²) < 4.78 is 5.47. The molecule has 0 aliphatic carbocycles. The molecule has 1 aromatic carbocycles. The lowest BCUT2D eigenvalue weighted by Crippen LogP contribution is -2.12. The van der Waals surface area contributed by atoms with E-state index in [1.54, 1.807) is 6.92 Å². The van der Waals surface area contributed by atoms with Crippen LogP contribution in [0.1, 0.15) is 35.5 Å². The molecule has 0 fully saturated rings. The van der Waals surface area contributed by atoms with Crippen molar-refractivity contribution in [1.29, 1.82) is 0 Å². The van der Waals surface area contributed by atoms with E-state index in [2.05, 4.69) is 5.32 Å². The first-order valence-electron chi connectivity index (χ1n) is 6.64. The van der Waals surface area contributed by atoms with Crippen LogP contribution in [-0.4, -0.2) is 11.1 Å². The first kappa shape index (κ1) is 14.3. The number of nitrogens with one attached hydrogen (secondary N) is 1. The fourth-order valence-electron chi connectivity index (χ4n) is 1.98. The van der Waals surface area contributed by atoms with Gasteiger partial charge < -0.3 is 14.8 Å². The number of carbonyl (C=O) groups is 1. The lowest BCUT2D eigenvalue weighted by Gasteiger charge is -2.08. The minimum Gasteiger partial charge on any atom is -0.481 e. The number of carboxylic acid groups (broad SMARTS) is 1. The molecule has 0 aliphatic rings. The standard InChI is InChI=1S/C16H19NO3/c1-11-3-8-15(20-11)10-17-9-13-4-6-14(7-5-13)12(2)16(18)19/h3-8,12,17H,9-10H2,1-2H3,(H,18,19). The molecule has 0 bridgehead atoms. The Kier molecular flexibility index (Phi) is 4.58. The summed E-state index contributed by atoms with van der Waals surface area (Å²) in [5, 5.41) is 12.2. The molecule has 106 valence electrons. The summed E-state index contributed by atoms with van der Waals surface area (Å²) in [7, 11) is 0. The SMILES string of the molecule is Cc1ccc(CNCc2ccc(C(C)C(=O)O)cc2)o1. The Labute approximate surface area is 118 Å². The number of hydrogen-bond acceptors (Lipinski definition) is 3. The van der Waals surface area contributed by atoms with Gasteiger partial charge in [-0.1, -0.05) is 24.3 Å². The van der Waals surface area contributed by atoms with Crippen molar-refractivity contribution < 1.29 is 14.3 Å². The highest BCUT2D eigenvalue weighted by atomic mass is 16.4. The summed E-state index contributed by atoms with van der Waals surface area (Å²) in [4.78, 5) is 10.9. The van der Waals surface area contributed by atoms with E-state index in [4.69, 9.17) is 9.52 Å². The second-order valence-electron chi connectivity index (χ2n) is 4.92. The van der Waals surface area contributed by atoms with Gasteiger partial charge in [0, 0.05) is 6.54 Å². The molecule has 0 aliphatic heterocycles. The molecule has 0 spiro atoms. The van der Waals surface area contributed by atoms with E-state index in [-0.39, 0.29) is 0 Å². The third-order valence-corrected chi connectivity index (χ3v) is 3.27. The molecule has 2 rings (SSSR count). The first-order chi connectivity index (χ1) is 9.56. The number of hydrogen-bond donors (Lipinski definition) is 2. The first-order valence-corrected chi connectivity index (χ1v) is 6.64. The second kappa shape index (κ2) is 6.39. The van der Waals surface area contributed by atoms with Gasteiger partial charge in [0.25, 0.3) is 0 Å². The van der Waals surface area contributed by atoms with Crippen LogP contribution >= 0.6 is 0 Å². The molecule has 2 aromatic rings. The van der Waals surface area contributed by atoms with Gasteiger partial charge in [0.05, 0.1) is 12.5 Å². The van der Waals surface area contributed by atoms with Gasteiger partial charge in [0.15, 0.2) is 0 Å². The van der Waals surface area contributed by atoms with Gasteiger partial charge >= 0.3 is 5.97 Å². The number of benzene rings is 1. The smallest absolute Gasteiger partial charge is 0.310 e. The number of aliphatic carboxylic acids is 1. The zero-order valence-electron chi connectivity index (χ0n) is 11.7. The van der Waals surface area contributed by atoms with Gasteiger partial charge in [-0.2, -0.15) is 0 Å². The second-order valence-corrected chi connectivity index (χ2v) is 4.92. The average molecular weight is 273 g/mol. The number of carboxylic acids is 1. The van der Waals surface area contributed by atoms with Crippen molar-refractivity contribution in [2.24, 2.45) is 0 Å². The average Bonchev–Trinajstić information content (AvgIpc) is 2.84. The van der Waals surface area contributed by atoms with E-state index in [0.717, 1.165) is 29.2 Å². The lowest BCUT2D eigenvalue weighted by molar-refractivity contribution is -0.138. The predicted molar refractivity (Wildman–Crippen MR) is 76.5 cm³/mol. The summed E-state index contributed by atoms with van der Waals surface area (Å²) in [6.07, 6.45) is 0. The monoisotopic (exact) mass is 273 g/mol. The molecule has 0 saturated carbocycles. The Balaban J connectivity index is 1.86. The largest absolute Gasteiger partial charge is 0.481 e. The third kappa shape index (κ3) is 3.71. The quantitative estimate of drug-likeness (QED) is 0.849. The van der Waals surface area contributed by atoms with Crippen molar-refractivity contribution in [3.8, 4) is 0 Å². The molecule has 1 aromatic heterocycles. The Bertz CT molecular complexity index is 572.